The Morgan fingerprint density at radius 2 is 1.67 bits per heavy atom. The molecule has 0 bridgehead atoms. The molecular weight excluding hydrogens is 327 g/mol. The average Bonchev–Trinajstić information content (AvgIpc) is 2.45. The molecule has 6 heteroatoms. The van der Waals surface area contributed by atoms with Crippen LogP contribution in [0.1, 0.15) is 18.1 Å². The van der Waals surface area contributed by atoms with Crippen LogP contribution in [0.3, 0.4) is 0 Å². The minimum atomic E-state index is -1.42. The normalized spacial score (nSPS) is 13.0. The van der Waals surface area contributed by atoms with E-state index < -0.39 is 11.0 Å². The fourth-order valence-electron chi connectivity index (χ4n) is 1.72. The van der Waals surface area contributed by atoms with Crippen molar-refractivity contribution in [1.29, 1.82) is 0 Å². The van der Waals surface area contributed by atoms with Gasteiger partial charge in [0.15, 0.2) is 11.0 Å². The van der Waals surface area contributed by atoms with E-state index >= 15 is 0 Å². The van der Waals surface area contributed by atoms with Crippen LogP contribution in [0.2, 0.25) is 10.0 Å². The lowest BCUT2D eigenvalue weighted by molar-refractivity contribution is 0.675. The van der Waals surface area contributed by atoms with Crippen molar-refractivity contribution in [2.24, 2.45) is 5.10 Å². The molecule has 0 amide bonds. The van der Waals surface area contributed by atoms with Crippen LogP contribution in [-0.2, 0) is 11.0 Å². The predicted octanol–water partition coefficient (Wildman–Crippen LogP) is 4.34. The van der Waals surface area contributed by atoms with Gasteiger partial charge in [0, 0.05) is 5.56 Å². The highest BCUT2D eigenvalue weighted by molar-refractivity contribution is 7.83. The molecule has 0 aromatic heterocycles. The predicted molar refractivity (Wildman–Crippen MR) is 89.4 cm³/mol. The molecule has 2 aromatic rings. The van der Waals surface area contributed by atoms with Crippen LogP contribution >= 0.6 is 23.2 Å². The van der Waals surface area contributed by atoms with E-state index in [-0.39, 0.29) is 0 Å². The van der Waals surface area contributed by atoms with Gasteiger partial charge >= 0.3 is 0 Å². The van der Waals surface area contributed by atoms with E-state index in [1.165, 1.54) is 0 Å². The number of halogens is 2. The lowest BCUT2D eigenvalue weighted by atomic mass is 10.1. The molecule has 0 aliphatic rings. The smallest absolute Gasteiger partial charge is 0.166 e. The zero-order valence-corrected chi connectivity index (χ0v) is 13.9. The first-order valence-corrected chi connectivity index (χ1v) is 8.12. The minimum Gasteiger partial charge on any atom is -0.230 e. The summed E-state index contributed by atoms with van der Waals surface area (Å²) in [4.78, 5) is 3.27. The fraction of sp³-hybridized carbons (Fsp3) is 0.133. The molecule has 0 fully saturated rings. The molecule has 1 unspecified atom stereocenters. The molecule has 0 saturated heterocycles. The maximum Gasteiger partial charge on any atom is 0.166 e. The molecule has 0 aliphatic heterocycles. The van der Waals surface area contributed by atoms with Crippen molar-refractivity contribution in [3.05, 3.63) is 63.6 Å². The SMILES string of the molecule is C/C(=N\NS(=O)c1ccc(C)cc1)c1c(Cl)cccc1Cl. The third-order valence-corrected chi connectivity index (χ3v) is 4.44. The number of benzene rings is 2. The van der Waals surface area contributed by atoms with Gasteiger partial charge in [-0.1, -0.05) is 47.0 Å². The topological polar surface area (TPSA) is 41.5 Å². The summed E-state index contributed by atoms with van der Waals surface area (Å²) >= 11 is 12.2. The molecule has 0 spiro atoms. The van der Waals surface area contributed by atoms with E-state index in [0.717, 1.165) is 5.56 Å². The summed E-state index contributed by atoms with van der Waals surface area (Å²) in [5.74, 6) is 0. The Kier molecular flexibility index (Phi) is 5.39. The summed E-state index contributed by atoms with van der Waals surface area (Å²) in [7, 11) is -1.42. The Balaban J connectivity index is 2.17. The number of rotatable bonds is 4. The number of nitrogens with one attached hydrogen (secondary N) is 1. The first-order chi connectivity index (χ1) is 9.99. The maximum atomic E-state index is 12.1. The van der Waals surface area contributed by atoms with E-state index in [2.05, 4.69) is 9.93 Å². The molecule has 110 valence electrons. The van der Waals surface area contributed by atoms with Crippen molar-refractivity contribution in [3.8, 4) is 0 Å². The summed E-state index contributed by atoms with van der Waals surface area (Å²) < 4.78 is 12.1. The Morgan fingerprint density at radius 3 is 2.24 bits per heavy atom. The van der Waals surface area contributed by atoms with Crippen LogP contribution in [0.4, 0.5) is 0 Å². The number of hydrogen-bond donors (Lipinski definition) is 1. The van der Waals surface area contributed by atoms with Gasteiger partial charge in [-0.25, -0.2) is 9.04 Å². The molecule has 0 radical (unpaired) electrons. The van der Waals surface area contributed by atoms with Gasteiger partial charge in [0.05, 0.1) is 20.7 Å². The number of nitrogens with zero attached hydrogens (tertiary/aromatic N) is 1. The molecule has 2 rings (SSSR count). The van der Waals surface area contributed by atoms with Crippen molar-refractivity contribution >= 4 is 39.9 Å². The first-order valence-electron chi connectivity index (χ1n) is 6.22. The van der Waals surface area contributed by atoms with Crippen molar-refractivity contribution in [2.75, 3.05) is 0 Å². The molecule has 2 aromatic carbocycles. The molecule has 3 nitrogen and oxygen atoms in total. The van der Waals surface area contributed by atoms with E-state index in [1.54, 1.807) is 37.3 Å². The van der Waals surface area contributed by atoms with E-state index in [0.29, 0.717) is 26.2 Å². The van der Waals surface area contributed by atoms with Gasteiger partial charge in [-0.05, 0) is 38.1 Å². The summed E-state index contributed by atoms with van der Waals surface area (Å²) in [5.41, 5.74) is 2.32. The Hall–Kier alpha value is -1.36. The van der Waals surface area contributed by atoms with Crippen LogP contribution in [-0.4, -0.2) is 9.92 Å². The standard InChI is InChI=1S/C15H14Cl2N2OS/c1-10-6-8-12(9-7-10)21(20)19-18-11(2)15-13(16)4-3-5-14(15)17/h3-9,19H,1-2H3/b18-11+. The van der Waals surface area contributed by atoms with Gasteiger partial charge in [-0.3, -0.25) is 0 Å². The zero-order chi connectivity index (χ0) is 15.4. The van der Waals surface area contributed by atoms with Gasteiger partial charge in [0.1, 0.15) is 0 Å². The number of aryl methyl sites for hydroxylation is 1. The largest absolute Gasteiger partial charge is 0.230 e. The molecule has 0 aliphatic carbocycles. The summed E-state index contributed by atoms with van der Waals surface area (Å²) in [6, 6.07) is 12.6. The summed E-state index contributed by atoms with van der Waals surface area (Å²) in [6.07, 6.45) is 0. The fourth-order valence-corrected chi connectivity index (χ4v) is 3.10. The second-order valence-electron chi connectivity index (χ2n) is 4.47. The van der Waals surface area contributed by atoms with Crippen molar-refractivity contribution in [2.45, 2.75) is 18.7 Å². The molecule has 1 atom stereocenters. The van der Waals surface area contributed by atoms with Crippen LogP contribution in [0.15, 0.2) is 52.5 Å². The molecule has 1 N–H and O–H groups in total. The first kappa shape index (κ1) is 16.0. The second kappa shape index (κ2) is 7.07. The van der Waals surface area contributed by atoms with Crippen molar-refractivity contribution < 1.29 is 4.21 Å². The third-order valence-electron chi connectivity index (χ3n) is 2.86. The highest BCUT2D eigenvalue weighted by Gasteiger charge is 2.09. The van der Waals surface area contributed by atoms with Gasteiger partial charge in [0.2, 0.25) is 0 Å². The number of hydrogen-bond acceptors (Lipinski definition) is 2. The molecule has 0 heterocycles. The second-order valence-corrected chi connectivity index (χ2v) is 6.47. The Labute approximate surface area is 136 Å². The lowest BCUT2D eigenvalue weighted by Crippen LogP contribution is -2.13. The quantitative estimate of drug-likeness (QED) is 0.652. The van der Waals surface area contributed by atoms with Crippen LogP contribution in [0.25, 0.3) is 0 Å². The van der Waals surface area contributed by atoms with Crippen molar-refractivity contribution in [3.63, 3.8) is 0 Å². The maximum absolute atomic E-state index is 12.1. The Bertz CT molecular complexity index is 679. The van der Waals surface area contributed by atoms with Gasteiger partial charge in [-0.2, -0.15) is 5.10 Å². The molecule has 21 heavy (non-hydrogen) atoms. The lowest BCUT2D eigenvalue weighted by Gasteiger charge is -2.07. The van der Waals surface area contributed by atoms with Crippen LogP contribution in [0.5, 0.6) is 0 Å². The molecular formula is C15H14Cl2N2OS. The monoisotopic (exact) mass is 340 g/mol. The highest BCUT2D eigenvalue weighted by Crippen LogP contribution is 2.24. The van der Waals surface area contributed by atoms with Crippen LogP contribution in [0, 0.1) is 6.92 Å². The average molecular weight is 341 g/mol. The highest BCUT2D eigenvalue weighted by atomic mass is 35.5. The van der Waals surface area contributed by atoms with Gasteiger partial charge in [-0.15, -0.1) is 0 Å². The van der Waals surface area contributed by atoms with Crippen LogP contribution < -0.4 is 4.83 Å². The molecule has 0 saturated carbocycles. The van der Waals surface area contributed by atoms with Gasteiger partial charge in [0.25, 0.3) is 0 Å². The number of hydrazone groups is 1. The minimum absolute atomic E-state index is 0.506. The van der Waals surface area contributed by atoms with Gasteiger partial charge < -0.3 is 0 Å². The Morgan fingerprint density at radius 1 is 1.10 bits per heavy atom. The third kappa shape index (κ3) is 4.06. The zero-order valence-electron chi connectivity index (χ0n) is 11.6. The summed E-state index contributed by atoms with van der Waals surface area (Å²) in [5, 5.41) is 5.12. The van der Waals surface area contributed by atoms with E-state index in [9.17, 15) is 4.21 Å². The van der Waals surface area contributed by atoms with E-state index in [1.807, 2.05) is 19.1 Å². The van der Waals surface area contributed by atoms with E-state index in [4.69, 9.17) is 23.2 Å². The van der Waals surface area contributed by atoms with Crippen molar-refractivity contribution in [1.82, 2.24) is 4.83 Å². The summed E-state index contributed by atoms with van der Waals surface area (Å²) in [6.45, 7) is 3.73.